The summed E-state index contributed by atoms with van der Waals surface area (Å²) in [6.45, 7) is 6.52. The first-order valence-electron chi connectivity index (χ1n) is 7.65. The molecular formula is C19H23NO2. The van der Waals surface area contributed by atoms with Crippen molar-refractivity contribution in [2.75, 3.05) is 0 Å². The van der Waals surface area contributed by atoms with Gasteiger partial charge >= 0.3 is 0 Å². The van der Waals surface area contributed by atoms with E-state index in [2.05, 4.69) is 19.2 Å². The maximum atomic E-state index is 12.2. The summed E-state index contributed by atoms with van der Waals surface area (Å²) in [5, 5.41) is 2.90. The number of ether oxygens (including phenoxy) is 1. The summed E-state index contributed by atoms with van der Waals surface area (Å²) in [6.07, 6.45) is -0.524. The number of carbonyl (C=O) groups is 1. The molecule has 0 radical (unpaired) electrons. The fourth-order valence-electron chi connectivity index (χ4n) is 2.24. The molecule has 0 unspecified atom stereocenters. The third-order valence-electron chi connectivity index (χ3n) is 3.52. The Morgan fingerprint density at radius 2 is 1.64 bits per heavy atom. The van der Waals surface area contributed by atoms with Gasteiger partial charge in [-0.25, -0.2) is 0 Å². The molecule has 0 aliphatic carbocycles. The number of rotatable bonds is 6. The number of amides is 1. The Labute approximate surface area is 132 Å². The van der Waals surface area contributed by atoms with E-state index >= 15 is 0 Å². The van der Waals surface area contributed by atoms with Crippen LogP contribution in [0.1, 0.15) is 37.8 Å². The molecule has 1 amide bonds. The average molecular weight is 297 g/mol. The molecule has 1 N–H and O–H groups in total. The number of benzene rings is 2. The van der Waals surface area contributed by atoms with E-state index in [4.69, 9.17) is 4.74 Å². The number of hydrogen-bond donors (Lipinski definition) is 1. The van der Waals surface area contributed by atoms with E-state index < -0.39 is 6.10 Å². The van der Waals surface area contributed by atoms with Crippen LogP contribution in [-0.2, 0) is 11.3 Å². The molecule has 1 atom stereocenters. The predicted molar refractivity (Wildman–Crippen MR) is 88.9 cm³/mol. The van der Waals surface area contributed by atoms with Crippen molar-refractivity contribution in [3.63, 3.8) is 0 Å². The minimum atomic E-state index is -0.524. The van der Waals surface area contributed by atoms with Gasteiger partial charge in [0, 0.05) is 6.54 Å². The highest BCUT2D eigenvalue weighted by atomic mass is 16.5. The van der Waals surface area contributed by atoms with Gasteiger partial charge in [0.15, 0.2) is 6.10 Å². The van der Waals surface area contributed by atoms with Crippen molar-refractivity contribution in [3.8, 4) is 5.75 Å². The molecule has 0 fully saturated rings. The van der Waals surface area contributed by atoms with Crippen molar-refractivity contribution < 1.29 is 9.53 Å². The van der Waals surface area contributed by atoms with Crippen LogP contribution >= 0.6 is 0 Å². The highest BCUT2D eigenvalue weighted by Crippen LogP contribution is 2.26. The maximum Gasteiger partial charge on any atom is 0.261 e. The third-order valence-corrected chi connectivity index (χ3v) is 3.52. The number of para-hydroxylation sites is 1. The van der Waals surface area contributed by atoms with Gasteiger partial charge in [0.05, 0.1) is 0 Å². The topological polar surface area (TPSA) is 38.3 Å². The van der Waals surface area contributed by atoms with Gasteiger partial charge in [-0.1, -0.05) is 62.4 Å². The standard InChI is InChI=1S/C19H23NO2/c1-14(2)17-11-7-8-12-18(17)22-15(3)19(21)20-13-16-9-5-4-6-10-16/h4-12,14-15H,13H2,1-3H3,(H,20,21)/t15-/m1/s1. The largest absolute Gasteiger partial charge is 0.481 e. The lowest BCUT2D eigenvalue weighted by Gasteiger charge is -2.18. The van der Waals surface area contributed by atoms with E-state index in [9.17, 15) is 4.79 Å². The van der Waals surface area contributed by atoms with E-state index in [0.717, 1.165) is 16.9 Å². The summed E-state index contributed by atoms with van der Waals surface area (Å²) < 4.78 is 5.84. The second kappa shape index (κ2) is 7.64. The van der Waals surface area contributed by atoms with E-state index in [-0.39, 0.29) is 5.91 Å². The van der Waals surface area contributed by atoms with Crippen LogP contribution in [0.25, 0.3) is 0 Å². The zero-order valence-electron chi connectivity index (χ0n) is 13.4. The Balaban J connectivity index is 1.94. The molecule has 22 heavy (non-hydrogen) atoms. The monoisotopic (exact) mass is 297 g/mol. The zero-order valence-corrected chi connectivity index (χ0v) is 13.4. The van der Waals surface area contributed by atoms with Gasteiger partial charge in [-0.15, -0.1) is 0 Å². The molecule has 2 aromatic carbocycles. The van der Waals surface area contributed by atoms with Gasteiger partial charge in [0.25, 0.3) is 5.91 Å². The van der Waals surface area contributed by atoms with Crippen LogP contribution in [0, 0.1) is 0 Å². The summed E-state index contributed by atoms with van der Waals surface area (Å²) in [5.41, 5.74) is 2.19. The second-order valence-electron chi connectivity index (χ2n) is 5.66. The van der Waals surface area contributed by atoms with Crippen molar-refractivity contribution in [1.82, 2.24) is 5.32 Å². The van der Waals surface area contributed by atoms with E-state index in [1.807, 2.05) is 54.6 Å². The highest BCUT2D eigenvalue weighted by molar-refractivity contribution is 5.80. The van der Waals surface area contributed by atoms with Crippen molar-refractivity contribution in [2.45, 2.75) is 39.3 Å². The van der Waals surface area contributed by atoms with Gasteiger partial charge < -0.3 is 10.1 Å². The third kappa shape index (κ3) is 4.35. The fraction of sp³-hybridized carbons (Fsp3) is 0.316. The smallest absolute Gasteiger partial charge is 0.261 e. The molecule has 0 aliphatic heterocycles. The average Bonchev–Trinajstić information content (AvgIpc) is 2.53. The molecule has 2 aromatic rings. The molecule has 0 bridgehead atoms. The van der Waals surface area contributed by atoms with Crippen LogP contribution in [0.3, 0.4) is 0 Å². The predicted octanol–water partition coefficient (Wildman–Crippen LogP) is 3.89. The van der Waals surface area contributed by atoms with Crippen molar-refractivity contribution in [2.24, 2.45) is 0 Å². The molecule has 3 nitrogen and oxygen atoms in total. The number of carbonyl (C=O) groups excluding carboxylic acids is 1. The first-order chi connectivity index (χ1) is 10.6. The van der Waals surface area contributed by atoms with Crippen LogP contribution in [0.4, 0.5) is 0 Å². The first kappa shape index (κ1) is 16.1. The van der Waals surface area contributed by atoms with Gasteiger partial charge in [-0.05, 0) is 30.0 Å². The van der Waals surface area contributed by atoms with Crippen LogP contribution in [-0.4, -0.2) is 12.0 Å². The fourth-order valence-corrected chi connectivity index (χ4v) is 2.24. The molecule has 0 saturated heterocycles. The number of nitrogens with one attached hydrogen (secondary N) is 1. The molecule has 3 heteroatoms. The normalized spacial score (nSPS) is 12.0. The van der Waals surface area contributed by atoms with Crippen LogP contribution in [0.5, 0.6) is 5.75 Å². The first-order valence-corrected chi connectivity index (χ1v) is 7.65. The van der Waals surface area contributed by atoms with Gasteiger partial charge in [0.2, 0.25) is 0 Å². The minimum Gasteiger partial charge on any atom is -0.481 e. The lowest BCUT2D eigenvalue weighted by Crippen LogP contribution is -2.36. The molecular weight excluding hydrogens is 274 g/mol. The number of hydrogen-bond acceptors (Lipinski definition) is 2. The molecule has 116 valence electrons. The highest BCUT2D eigenvalue weighted by Gasteiger charge is 2.16. The maximum absolute atomic E-state index is 12.2. The van der Waals surface area contributed by atoms with Gasteiger partial charge in [0.1, 0.15) is 5.75 Å². The Bertz CT molecular complexity index is 608. The second-order valence-corrected chi connectivity index (χ2v) is 5.66. The van der Waals surface area contributed by atoms with E-state index in [0.29, 0.717) is 12.5 Å². The molecule has 0 aliphatic rings. The molecule has 0 heterocycles. The Kier molecular flexibility index (Phi) is 5.59. The SMILES string of the molecule is CC(C)c1ccccc1O[C@H](C)C(=O)NCc1ccccc1. The molecule has 2 rings (SSSR count). The Morgan fingerprint density at radius 1 is 1.00 bits per heavy atom. The summed E-state index contributed by atoms with van der Waals surface area (Å²) in [7, 11) is 0. The van der Waals surface area contributed by atoms with E-state index in [1.54, 1.807) is 6.92 Å². The van der Waals surface area contributed by atoms with Crippen molar-refractivity contribution in [1.29, 1.82) is 0 Å². The quantitative estimate of drug-likeness (QED) is 0.878. The Hall–Kier alpha value is -2.29. The summed E-state index contributed by atoms with van der Waals surface area (Å²) in [4.78, 5) is 12.2. The zero-order chi connectivity index (χ0) is 15.9. The minimum absolute atomic E-state index is 0.109. The van der Waals surface area contributed by atoms with Crippen LogP contribution < -0.4 is 10.1 Å². The molecule has 0 spiro atoms. The van der Waals surface area contributed by atoms with E-state index in [1.165, 1.54) is 0 Å². The summed E-state index contributed by atoms with van der Waals surface area (Å²) in [5.74, 6) is 1.03. The van der Waals surface area contributed by atoms with Crippen molar-refractivity contribution >= 4 is 5.91 Å². The van der Waals surface area contributed by atoms with Gasteiger partial charge in [-0.3, -0.25) is 4.79 Å². The van der Waals surface area contributed by atoms with Crippen LogP contribution in [0.2, 0.25) is 0 Å². The van der Waals surface area contributed by atoms with Gasteiger partial charge in [-0.2, -0.15) is 0 Å². The molecule has 0 aromatic heterocycles. The van der Waals surface area contributed by atoms with Crippen LogP contribution in [0.15, 0.2) is 54.6 Å². The lowest BCUT2D eigenvalue weighted by molar-refractivity contribution is -0.127. The summed E-state index contributed by atoms with van der Waals surface area (Å²) in [6, 6.07) is 17.7. The molecule has 0 saturated carbocycles. The lowest BCUT2D eigenvalue weighted by atomic mass is 10.0. The van der Waals surface area contributed by atoms with Crippen molar-refractivity contribution in [3.05, 3.63) is 65.7 Å². The Morgan fingerprint density at radius 3 is 2.32 bits per heavy atom. The summed E-state index contributed by atoms with van der Waals surface area (Å²) >= 11 is 0.